The second-order valence-electron chi connectivity index (χ2n) is 4.42. The largest absolute Gasteiger partial charge is 0.395 e. The van der Waals surface area contributed by atoms with Gasteiger partial charge in [-0.05, 0) is 12.0 Å². The van der Waals surface area contributed by atoms with Crippen LogP contribution in [0, 0.1) is 0 Å². The third-order valence-electron chi connectivity index (χ3n) is 3.23. The van der Waals surface area contributed by atoms with Gasteiger partial charge in [-0.3, -0.25) is 0 Å². The molecule has 2 aromatic heterocycles. The van der Waals surface area contributed by atoms with Crippen molar-refractivity contribution in [3.05, 3.63) is 23.1 Å². The van der Waals surface area contributed by atoms with Crippen molar-refractivity contribution in [3.63, 3.8) is 0 Å². The van der Waals surface area contributed by atoms with E-state index < -0.39 is 0 Å². The van der Waals surface area contributed by atoms with Crippen molar-refractivity contribution >= 4 is 28.7 Å². The molecule has 9 nitrogen and oxygen atoms in total. The van der Waals surface area contributed by atoms with Crippen LogP contribution in [0.2, 0.25) is 0 Å². The predicted molar refractivity (Wildman–Crippen MR) is 74.8 cm³/mol. The smallest absolute Gasteiger partial charge is 0.166 e. The topological polar surface area (TPSA) is 139 Å². The standard InChI is InChI=1S/C10H12N8OS/c11-8-7-9(14-3-13-8)18(4-15-7)10-6(16-17-12)1-5(2-19)20-10/h3-6,10,19H,1-2H2,(H2,11,13,14)/t5-,6+,10-/m0/s1. The number of anilines is 1. The molecule has 0 saturated carbocycles. The number of imidazole rings is 1. The molecule has 20 heavy (non-hydrogen) atoms. The summed E-state index contributed by atoms with van der Waals surface area (Å²) in [6, 6.07) is -0.254. The highest BCUT2D eigenvalue weighted by atomic mass is 32.2. The van der Waals surface area contributed by atoms with Gasteiger partial charge in [-0.25, -0.2) is 15.0 Å². The van der Waals surface area contributed by atoms with Crippen LogP contribution in [0.5, 0.6) is 0 Å². The number of aromatic nitrogens is 4. The van der Waals surface area contributed by atoms with Gasteiger partial charge in [0.2, 0.25) is 0 Å². The second-order valence-corrected chi connectivity index (χ2v) is 5.84. The van der Waals surface area contributed by atoms with Crippen molar-refractivity contribution in [1.82, 2.24) is 19.5 Å². The van der Waals surface area contributed by atoms with Crippen LogP contribution < -0.4 is 5.73 Å². The Morgan fingerprint density at radius 3 is 3.15 bits per heavy atom. The van der Waals surface area contributed by atoms with Crippen LogP contribution in [0.3, 0.4) is 0 Å². The van der Waals surface area contributed by atoms with Crippen LogP contribution in [0.25, 0.3) is 21.6 Å². The fraction of sp³-hybridized carbons (Fsp3) is 0.500. The number of aliphatic hydroxyl groups is 1. The van der Waals surface area contributed by atoms with E-state index in [0.717, 1.165) is 0 Å². The van der Waals surface area contributed by atoms with Crippen LogP contribution >= 0.6 is 11.8 Å². The SMILES string of the molecule is [N-]=[N+]=N[C@@H]1C[C@@H](CO)S[C@@H]1n1cnc2c(N)ncnc21. The normalized spacial score (nSPS) is 25.8. The summed E-state index contributed by atoms with van der Waals surface area (Å²) in [5.41, 5.74) is 15.6. The lowest BCUT2D eigenvalue weighted by molar-refractivity contribution is 0.289. The molecule has 104 valence electrons. The molecule has 3 rings (SSSR count). The first kappa shape index (κ1) is 13.0. The van der Waals surface area contributed by atoms with Crippen molar-refractivity contribution < 1.29 is 5.11 Å². The fourth-order valence-corrected chi connectivity index (χ4v) is 3.75. The number of nitrogen functional groups attached to an aromatic ring is 1. The van der Waals surface area contributed by atoms with Gasteiger partial charge < -0.3 is 15.4 Å². The third-order valence-corrected chi connectivity index (χ3v) is 4.78. The second kappa shape index (κ2) is 5.16. The van der Waals surface area contributed by atoms with E-state index >= 15 is 0 Å². The number of fused-ring (bicyclic) bond motifs is 1. The lowest BCUT2D eigenvalue weighted by atomic mass is 10.2. The van der Waals surface area contributed by atoms with Crippen LogP contribution in [0.4, 0.5) is 5.82 Å². The van der Waals surface area contributed by atoms with Gasteiger partial charge in [-0.15, -0.1) is 11.8 Å². The van der Waals surface area contributed by atoms with E-state index in [1.54, 1.807) is 18.1 Å². The van der Waals surface area contributed by atoms with Crippen LogP contribution in [0.15, 0.2) is 17.8 Å². The number of aliphatic hydroxyl groups excluding tert-OH is 1. The molecule has 0 amide bonds. The van der Waals surface area contributed by atoms with E-state index in [1.807, 2.05) is 4.57 Å². The van der Waals surface area contributed by atoms with E-state index in [9.17, 15) is 5.11 Å². The average molecular weight is 292 g/mol. The molecule has 0 radical (unpaired) electrons. The molecule has 3 heterocycles. The van der Waals surface area contributed by atoms with E-state index in [2.05, 4.69) is 25.0 Å². The van der Waals surface area contributed by atoms with Gasteiger partial charge in [0, 0.05) is 10.2 Å². The zero-order valence-electron chi connectivity index (χ0n) is 10.4. The predicted octanol–water partition coefficient (Wildman–Crippen LogP) is 1.08. The highest BCUT2D eigenvalue weighted by Crippen LogP contribution is 2.44. The first-order valence-electron chi connectivity index (χ1n) is 5.98. The van der Waals surface area contributed by atoms with E-state index in [0.29, 0.717) is 23.4 Å². The Kier molecular flexibility index (Phi) is 3.35. The maximum Gasteiger partial charge on any atom is 0.166 e. The van der Waals surface area contributed by atoms with E-state index in [1.165, 1.54) is 6.33 Å². The van der Waals surface area contributed by atoms with Crippen molar-refractivity contribution in [3.8, 4) is 0 Å². The molecule has 0 unspecified atom stereocenters. The molecule has 1 saturated heterocycles. The van der Waals surface area contributed by atoms with Crippen molar-refractivity contribution in [2.24, 2.45) is 5.11 Å². The van der Waals surface area contributed by atoms with Gasteiger partial charge in [0.25, 0.3) is 0 Å². The van der Waals surface area contributed by atoms with Crippen LogP contribution in [-0.2, 0) is 0 Å². The minimum Gasteiger partial charge on any atom is -0.395 e. The van der Waals surface area contributed by atoms with Gasteiger partial charge in [0.15, 0.2) is 11.5 Å². The summed E-state index contributed by atoms with van der Waals surface area (Å²) < 4.78 is 1.83. The van der Waals surface area contributed by atoms with Gasteiger partial charge >= 0.3 is 0 Å². The minimum atomic E-state index is -0.254. The summed E-state index contributed by atoms with van der Waals surface area (Å²) in [4.78, 5) is 15.2. The molecule has 1 aliphatic rings. The van der Waals surface area contributed by atoms with Gasteiger partial charge in [-0.1, -0.05) is 5.11 Å². The summed E-state index contributed by atoms with van der Waals surface area (Å²) in [6.07, 6.45) is 3.62. The van der Waals surface area contributed by atoms with Crippen LogP contribution in [-0.4, -0.2) is 42.5 Å². The maximum atomic E-state index is 9.30. The number of thioether (sulfide) groups is 1. The number of nitrogens with two attached hydrogens (primary N) is 1. The monoisotopic (exact) mass is 292 g/mol. The molecule has 3 atom stereocenters. The summed E-state index contributed by atoms with van der Waals surface area (Å²) in [5.74, 6) is 0.316. The summed E-state index contributed by atoms with van der Waals surface area (Å²) in [7, 11) is 0. The molecule has 2 aromatic rings. The van der Waals surface area contributed by atoms with E-state index in [4.69, 9.17) is 11.3 Å². The first-order valence-corrected chi connectivity index (χ1v) is 6.92. The van der Waals surface area contributed by atoms with E-state index in [-0.39, 0.29) is 23.3 Å². The van der Waals surface area contributed by atoms with Crippen molar-refractivity contribution in [1.29, 1.82) is 0 Å². The molecule has 0 bridgehead atoms. The molecule has 1 fully saturated rings. The fourth-order valence-electron chi connectivity index (χ4n) is 2.32. The van der Waals surface area contributed by atoms with Gasteiger partial charge in [0.1, 0.15) is 11.8 Å². The Bertz CT molecular complexity index is 681. The third kappa shape index (κ3) is 2.03. The maximum absolute atomic E-state index is 9.30. The zero-order valence-corrected chi connectivity index (χ0v) is 11.2. The molecule has 10 heteroatoms. The Labute approximate surface area is 117 Å². The number of nitrogens with zero attached hydrogens (tertiary/aromatic N) is 7. The van der Waals surface area contributed by atoms with Gasteiger partial charge in [-0.2, -0.15) is 0 Å². The lowest BCUT2D eigenvalue weighted by Crippen LogP contribution is -2.14. The quantitative estimate of drug-likeness (QED) is 0.493. The number of hydrogen-bond donors (Lipinski definition) is 2. The Morgan fingerprint density at radius 2 is 2.40 bits per heavy atom. The minimum absolute atomic E-state index is 0.0344. The lowest BCUT2D eigenvalue weighted by Gasteiger charge is -2.16. The van der Waals surface area contributed by atoms with Gasteiger partial charge in [0.05, 0.1) is 24.3 Å². The summed E-state index contributed by atoms with van der Waals surface area (Å²) >= 11 is 1.54. The highest BCUT2D eigenvalue weighted by Gasteiger charge is 2.36. The molecule has 0 spiro atoms. The molecule has 3 N–H and O–H groups in total. The van der Waals surface area contributed by atoms with Crippen LogP contribution in [0.1, 0.15) is 11.8 Å². The molecule has 0 aromatic carbocycles. The number of rotatable bonds is 3. The summed E-state index contributed by atoms with van der Waals surface area (Å²) in [5, 5.41) is 13.0. The molecule has 1 aliphatic heterocycles. The average Bonchev–Trinajstić information content (AvgIpc) is 3.03. The first-order chi connectivity index (χ1) is 9.74. The highest BCUT2D eigenvalue weighted by molar-refractivity contribution is 8.00. The Hall–Kier alpha value is -2.03. The van der Waals surface area contributed by atoms with Crippen molar-refractivity contribution in [2.75, 3.05) is 12.3 Å². The Balaban J connectivity index is 2.05. The Morgan fingerprint density at radius 1 is 1.55 bits per heavy atom. The van der Waals surface area contributed by atoms with Crippen molar-refractivity contribution in [2.45, 2.75) is 23.1 Å². The molecular weight excluding hydrogens is 280 g/mol. The molecular formula is C10H12N8OS. The zero-order chi connectivity index (χ0) is 14.1. The number of azide groups is 1. The molecule has 0 aliphatic carbocycles. The summed E-state index contributed by atoms with van der Waals surface area (Å²) in [6.45, 7) is 0.0440. The number of hydrogen-bond acceptors (Lipinski definition) is 7.